The standard InChI is InChI=1S/C32H32ClN3O6S/c33-26-17-23(13-14-30(26)42-15-6-1-2-7-16-43(39,40)41)19-28-32(38)36-21-29(24-11-8-12-25(37)20-24)34-27(31(36)35-28)18-22-9-4-3-5-10-22/h3-5,8-14,17,20-21,34,37H,1-2,6-7,15-16,18-19H2,(H,39,40,41). The Kier molecular flexibility index (Phi) is 9.49. The van der Waals surface area contributed by atoms with Crippen molar-refractivity contribution >= 4 is 21.7 Å². The van der Waals surface area contributed by atoms with Gasteiger partial charge in [0.2, 0.25) is 0 Å². The molecule has 0 radical (unpaired) electrons. The number of nitrogens with one attached hydrogen (secondary N) is 1. The molecule has 3 aromatic rings. The highest BCUT2D eigenvalue weighted by Crippen LogP contribution is 2.28. The van der Waals surface area contributed by atoms with Gasteiger partial charge in [0.1, 0.15) is 17.2 Å². The Balaban J connectivity index is 1.33. The number of imidazole rings is 1. The van der Waals surface area contributed by atoms with Crippen LogP contribution in [-0.2, 0) is 23.0 Å². The molecule has 0 spiro atoms. The molecule has 0 unspecified atom stereocenters. The number of aromatic amines is 1. The smallest absolute Gasteiger partial charge is 0.278 e. The van der Waals surface area contributed by atoms with Crippen LogP contribution in [0.5, 0.6) is 11.5 Å². The number of fused-ring (bicyclic) bond motifs is 1. The third-order valence-electron chi connectivity index (χ3n) is 7.05. The van der Waals surface area contributed by atoms with Crippen molar-refractivity contribution in [2.75, 3.05) is 12.4 Å². The molecule has 0 fully saturated rings. The van der Waals surface area contributed by atoms with Gasteiger partial charge in [-0.2, -0.15) is 8.42 Å². The summed E-state index contributed by atoms with van der Waals surface area (Å²) in [5.41, 5.74) is 4.21. The zero-order chi connectivity index (χ0) is 30.4. The molecule has 11 heteroatoms. The van der Waals surface area contributed by atoms with Crippen molar-refractivity contribution in [3.05, 3.63) is 117 Å². The average Bonchev–Trinajstić information content (AvgIpc) is 3.28. The number of halogens is 1. The molecular weight excluding hydrogens is 590 g/mol. The van der Waals surface area contributed by atoms with Crippen molar-refractivity contribution in [2.45, 2.75) is 38.5 Å². The summed E-state index contributed by atoms with van der Waals surface area (Å²) in [6.45, 7) is 0.421. The molecule has 5 rings (SSSR count). The molecule has 2 heterocycles. The summed E-state index contributed by atoms with van der Waals surface area (Å²) in [4.78, 5) is 21.8. The van der Waals surface area contributed by atoms with Crippen molar-refractivity contribution in [3.8, 4) is 28.6 Å². The maximum atomic E-state index is 13.6. The van der Waals surface area contributed by atoms with Gasteiger partial charge in [0.05, 0.1) is 28.8 Å². The number of phenols is 1. The van der Waals surface area contributed by atoms with Crippen molar-refractivity contribution < 1.29 is 22.8 Å². The lowest BCUT2D eigenvalue weighted by Gasteiger charge is -2.13. The number of unbranched alkanes of at least 4 members (excludes halogenated alkanes) is 3. The summed E-state index contributed by atoms with van der Waals surface area (Å²) in [7, 11) is -3.92. The van der Waals surface area contributed by atoms with E-state index >= 15 is 0 Å². The van der Waals surface area contributed by atoms with Crippen molar-refractivity contribution in [2.24, 2.45) is 0 Å². The van der Waals surface area contributed by atoms with Crippen LogP contribution in [0, 0.1) is 0 Å². The number of hydrogen-bond donors (Lipinski definition) is 3. The van der Waals surface area contributed by atoms with E-state index in [9.17, 15) is 18.3 Å². The quantitative estimate of drug-likeness (QED) is 0.108. The van der Waals surface area contributed by atoms with Crippen LogP contribution >= 0.6 is 11.6 Å². The van der Waals surface area contributed by atoms with E-state index in [2.05, 4.69) is 4.98 Å². The monoisotopic (exact) mass is 621 g/mol. The molecule has 224 valence electrons. The molecule has 9 nitrogen and oxygen atoms in total. The van der Waals surface area contributed by atoms with E-state index < -0.39 is 10.1 Å². The van der Waals surface area contributed by atoms with Gasteiger partial charge in [0, 0.05) is 24.6 Å². The Morgan fingerprint density at radius 1 is 0.907 bits per heavy atom. The van der Waals surface area contributed by atoms with E-state index in [4.69, 9.17) is 25.9 Å². The minimum Gasteiger partial charge on any atom is -0.508 e. The Labute approximate surface area is 254 Å². The van der Waals surface area contributed by atoms with E-state index in [0.717, 1.165) is 35.2 Å². The number of H-pyrrole nitrogens is 1. The van der Waals surface area contributed by atoms with Crippen molar-refractivity contribution in [1.82, 2.24) is 14.5 Å². The van der Waals surface area contributed by atoms with Crippen LogP contribution in [0.2, 0.25) is 5.02 Å². The van der Waals surface area contributed by atoms with Crippen LogP contribution in [0.25, 0.3) is 17.1 Å². The molecule has 0 aliphatic carbocycles. The SMILES string of the molecule is O=c1c(Cc2ccc(OCCCCCCS(=O)(=O)O)c(Cl)c2)nc2c(Cc3ccccc3)[nH]c(-c3cccc(O)c3)cn1-2. The van der Waals surface area contributed by atoms with Crippen LogP contribution < -0.4 is 10.3 Å². The number of ether oxygens (including phenoxy) is 1. The largest absolute Gasteiger partial charge is 0.508 e. The fourth-order valence-electron chi connectivity index (χ4n) is 4.92. The van der Waals surface area contributed by atoms with Gasteiger partial charge < -0.3 is 14.8 Å². The van der Waals surface area contributed by atoms with Gasteiger partial charge in [-0.15, -0.1) is 0 Å². The Morgan fingerprint density at radius 2 is 1.70 bits per heavy atom. The van der Waals surface area contributed by atoms with E-state index in [0.29, 0.717) is 53.8 Å². The van der Waals surface area contributed by atoms with E-state index in [-0.39, 0.29) is 23.5 Å². The molecule has 3 aromatic carbocycles. The molecule has 0 aromatic heterocycles. The second-order valence-electron chi connectivity index (χ2n) is 10.4. The van der Waals surface area contributed by atoms with Crippen LogP contribution in [0.15, 0.2) is 83.8 Å². The molecule has 43 heavy (non-hydrogen) atoms. The zero-order valence-corrected chi connectivity index (χ0v) is 24.9. The molecule has 3 N–H and O–H groups in total. The maximum Gasteiger partial charge on any atom is 0.278 e. The summed E-state index contributed by atoms with van der Waals surface area (Å²) in [6.07, 6.45) is 5.09. The number of hydrogen-bond acceptors (Lipinski definition) is 6. The lowest BCUT2D eigenvalue weighted by molar-refractivity contribution is 0.305. The number of aromatic hydroxyl groups is 1. The summed E-state index contributed by atoms with van der Waals surface area (Å²) >= 11 is 6.50. The van der Waals surface area contributed by atoms with Crippen molar-refractivity contribution in [1.29, 1.82) is 0 Å². The Hall–Kier alpha value is -4.12. The van der Waals surface area contributed by atoms with E-state index in [1.165, 1.54) is 0 Å². The van der Waals surface area contributed by atoms with E-state index in [1.807, 2.05) is 42.5 Å². The third-order valence-corrected chi connectivity index (χ3v) is 8.15. The second kappa shape index (κ2) is 13.5. The normalized spacial score (nSPS) is 11.7. The molecule has 0 bridgehead atoms. The van der Waals surface area contributed by atoms with Gasteiger partial charge in [-0.05, 0) is 48.2 Å². The first-order chi connectivity index (χ1) is 20.7. The Bertz CT molecular complexity index is 1840. The van der Waals surface area contributed by atoms with Gasteiger partial charge in [0.15, 0.2) is 5.82 Å². The minimum absolute atomic E-state index is 0.129. The number of benzene rings is 3. The molecular formula is C32H32ClN3O6S. The van der Waals surface area contributed by atoms with Gasteiger partial charge >= 0.3 is 0 Å². The first kappa shape index (κ1) is 30.3. The van der Waals surface area contributed by atoms with Crippen LogP contribution in [0.1, 0.15) is 48.2 Å². The fourth-order valence-corrected chi connectivity index (χ4v) is 5.75. The second-order valence-corrected chi connectivity index (χ2v) is 12.4. The average molecular weight is 622 g/mol. The predicted octanol–water partition coefficient (Wildman–Crippen LogP) is 6.03. The molecule has 2 aliphatic rings. The third kappa shape index (κ3) is 8.04. The van der Waals surface area contributed by atoms with E-state index in [1.54, 1.807) is 41.1 Å². The molecule has 0 atom stereocenters. The highest BCUT2D eigenvalue weighted by Gasteiger charge is 2.21. The van der Waals surface area contributed by atoms with Crippen LogP contribution in [0.3, 0.4) is 0 Å². The summed E-state index contributed by atoms with van der Waals surface area (Å²) < 4.78 is 37.7. The summed E-state index contributed by atoms with van der Waals surface area (Å²) in [5, 5.41) is 10.5. The maximum absolute atomic E-state index is 13.6. The van der Waals surface area contributed by atoms with Crippen LogP contribution in [-0.4, -0.2) is 45.0 Å². The molecule has 2 aliphatic heterocycles. The minimum atomic E-state index is -3.92. The number of phenolic OH excluding ortho intramolecular Hbond substituents is 1. The zero-order valence-electron chi connectivity index (χ0n) is 23.4. The lowest BCUT2D eigenvalue weighted by Crippen LogP contribution is -2.17. The fraction of sp³-hybridized carbons (Fsp3) is 0.250. The molecule has 0 saturated carbocycles. The van der Waals surface area contributed by atoms with Gasteiger partial charge in [0.25, 0.3) is 15.7 Å². The topological polar surface area (TPSA) is 135 Å². The number of aromatic nitrogens is 3. The lowest BCUT2D eigenvalue weighted by atomic mass is 10.1. The van der Waals surface area contributed by atoms with Crippen LogP contribution in [0.4, 0.5) is 0 Å². The predicted molar refractivity (Wildman–Crippen MR) is 166 cm³/mol. The number of nitrogens with zero attached hydrogens (tertiary/aromatic N) is 2. The highest BCUT2D eigenvalue weighted by atomic mass is 35.5. The van der Waals surface area contributed by atoms with Gasteiger partial charge in [-0.3, -0.25) is 13.9 Å². The van der Waals surface area contributed by atoms with Gasteiger partial charge in [-0.25, -0.2) is 4.98 Å². The van der Waals surface area contributed by atoms with Crippen molar-refractivity contribution in [3.63, 3.8) is 0 Å². The summed E-state index contributed by atoms with van der Waals surface area (Å²) in [5.74, 6) is 0.958. The molecule has 0 amide bonds. The first-order valence-corrected chi connectivity index (χ1v) is 16.0. The number of rotatable bonds is 13. The Morgan fingerprint density at radius 3 is 2.44 bits per heavy atom. The summed E-state index contributed by atoms with van der Waals surface area (Å²) in [6, 6.07) is 22.2. The first-order valence-electron chi connectivity index (χ1n) is 14.0. The highest BCUT2D eigenvalue weighted by molar-refractivity contribution is 7.85. The van der Waals surface area contributed by atoms with Gasteiger partial charge in [-0.1, -0.05) is 73.0 Å². The molecule has 0 saturated heterocycles.